The number of ether oxygens (including phenoxy) is 1. The van der Waals surface area contributed by atoms with Crippen LogP contribution in [0.15, 0.2) is 11.2 Å². The number of guanidine groups is 1. The van der Waals surface area contributed by atoms with Crippen molar-refractivity contribution in [3.63, 3.8) is 0 Å². The van der Waals surface area contributed by atoms with Crippen LogP contribution in [0, 0.1) is 0 Å². The molecule has 8 heteroatoms. The molecule has 0 spiro atoms. The third kappa shape index (κ3) is 4.83. The van der Waals surface area contributed by atoms with Crippen LogP contribution in [0.2, 0.25) is 0 Å². The van der Waals surface area contributed by atoms with E-state index in [4.69, 9.17) is 4.74 Å². The lowest BCUT2D eigenvalue weighted by molar-refractivity contribution is -0.0121. The van der Waals surface area contributed by atoms with Gasteiger partial charge in [0.15, 0.2) is 5.96 Å². The second-order valence-corrected chi connectivity index (χ2v) is 9.36. The fourth-order valence-corrected chi connectivity index (χ4v) is 5.73. The van der Waals surface area contributed by atoms with Crippen LogP contribution in [0.25, 0.3) is 0 Å². The van der Waals surface area contributed by atoms with Crippen molar-refractivity contribution in [3.05, 3.63) is 17.5 Å². The topological polar surface area (TPSA) is 57.9 Å². The number of aromatic nitrogens is 2. The number of hydrogen-bond donors (Lipinski definition) is 1. The van der Waals surface area contributed by atoms with E-state index in [9.17, 15) is 0 Å². The van der Waals surface area contributed by atoms with Crippen LogP contribution in [-0.4, -0.2) is 89.5 Å². The van der Waals surface area contributed by atoms with Gasteiger partial charge < -0.3 is 15.0 Å². The highest BCUT2D eigenvalue weighted by atomic mass is 32.2. The number of nitrogens with zero attached hydrogens (tertiary/aromatic N) is 5. The average molecular weight is 409 g/mol. The van der Waals surface area contributed by atoms with Crippen LogP contribution >= 0.6 is 11.8 Å². The van der Waals surface area contributed by atoms with E-state index in [1.54, 1.807) is 0 Å². The molecule has 7 nitrogen and oxygen atoms in total. The van der Waals surface area contributed by atoms with E-state index in [1.807, 2.05) is 18.8 Å². The molecule has 1 aromatic rings. The normalized spacial score (nSPS) is 24.1. The van der Waals surface area contributed by atoms with Gasteiger partial charge in [-0.1, -0.05) is 13.8 Å². The zero-order valence-corrected chi connectivity index (χ0v) is 18.9. The molecule has 0 aromatic carbocycles. The Labute approximate surface area is 173 Å². The Morgan fingerprint density at radius 2 is 2.18 bits per heavy atom. The third-order valence-electron chi connectivity index (χ3n) is 5.80. The molecule has 0 radical (unpaired) electrons. The number of nitrogens with one attached hydrogen (secondary N) is 1. The van der Waals surface area contributed by atoms with E-state index >= 15 is 0 Å². The second-order valence-electron chi connectivity index (χ2n) is 8.25. The van der Waals surface area contributed by atoms with Gasteiger partial charge in [0, 0.05) is 70.4 Å². The number of rotatable bonds is 6. The Morgan fingerprint density at radius 3 is 2.79 bits per heavy atom. The summed E-state index contributed by atoms with van der Waals surface area (Å²) in [5.74, 6) is 3.78. The summed E-state index contributed by atoms with van der Waals surface area (Å²) in [6.07, 6.45) is 3.35. The first-order valence-electron chi connectivity index (χ1n) is 10.3. The zero-order chi connectivity index (χ0) is 20.1. The number of morpholine rings is 1. The Hall–Kier alpha value is -1.25. The van der Waals surface area contributed by atoms with Crippen molar-refractivity contribution < 1.29 is 4.74 Å². The third-order valence-corrected chi connectivity index (χ3v) is 7.04. The summed E-state index contributed by atoms with van der Waals surface area (Å²) in [4.78, 5) is 9.40. The molecular formula is C20H36N6OS. The number of aryl methyl sites for hydroxylation is 1. The molecule has 2 aliphatic heterocycles. The zero-order valence-electron chi connectivity index (χ0n) is 18.1. The standard InChI is InChI=1S/C20H36N6OS/c1-16(2)18-17(13-25(5)23-18)12-24(4)19(21-3)22-14-20(6-11-28-15-20)26-7-9-27-10-8-26/h13,16H,6-12,14-15H2,1-5H3,(H,21,22). The van der Waals surface area contributed by atoms with Crippen LogP contribution in [0.1, 0.15) is 37.4 Å². The predicted octanol–water partition coefficient (Wildman–Crippen LogP) is 1.76. The van der Waals surface area contributed by atoms with Crippen molar-refractivity contribution >= 4 is 17.7 Å². The molecule has 1 N–H and O–H groups in total. The molecule has 3 heterocycles. The maximum Gasteiger partial charge on any atom is 0.193 e. The van der Waals surface area contributed by atoms with Gasteiger partial charge in [-0.25, -0.2) is 0 Å². The highest BCUT2D eigenvalue weighted by Crippen LogP contribution is 2.33. The first-order chi connectivity index (χ1) is 13.4. The molecule has 0 amide bonds. The van der Waals surface area contributed by atoms with Crippen molar-refractivity contribution in [3.8, 4) is 0 Å². The Balaban J connectivity index is 1.64. The van der Waals surface area contributed by atoms with E-state index in [0.717, 1.165) is 45.4 Å². The number of thioether (sulfide) groups is 1. The molecular weight excluding hydrogens is 372 g/mol. The van der Waals surface area contributed by atoms with Crippen molar-refractivity contribution in [2.45, 2.75) is 38.3 Å². The predicted molar refractivity (Wildman–Crippen MR) is 117 cm³/mol. The Morgan fingerprint density at radius 1 is 1.43 bits per heavy atom. The lowest BCUT2D eigenvalue weighted by atomic mass is 9.95. The molecule has 2 saturated heterocycles. The molecule has 2 fully saturated rings. The summed E-state index contributed by atoms with van der Waals surface area (Å²) in [5, 5.41) is 8.32. The minimum atomic E-state index is 0.211. The molecule has 1 unspecified atom stereocenters. The summed E-state index contributed by atoms with van der Waals surface area (Å²) in [7, 11) is 5.97. The first-order valence-corrected chi connectivity index (χ1v) is 11.5. The average Bonchev–Trinajstić information content (AvgIpc) is 3.30. The van der Waals surface area contributed by atoms with Gasteiger partial charge in [0.1, 0.15) is 0 Å². The molecule has 1 aromatic heterocycles. The van der Waals surface area contributed by atoms with Gasteiger partial charge >= 0.3 is 0 Å². The van der Waals surface area contributed by atoms with Crippen LogP contribution in [0.5, 0.6) is 0 Å². The quantitative estimate of drug-likeness (QED) is 0.572. The summed E-state index contributed by atoms with van der Waals surface area (Å²) in [6.45, 7) is 9.89. The summed E-state index contributed by atoms with van der Waals surface area (Å²) in [6, 6.07) is 0. The maximum absolute atomic E-state index is 5.58. The molecule has 3 rings (SSSR count). The fraction of sp³-hybridized carbons (Fsp3) is 0.800. The van der Waals surface area contributed by atoms with Gasteiger partial charge in [-0.2, -0.15) is 16.9 Å². The van der Waals surface area contributed by atoms with Crippen LogP contribution < -0.4 is 5.32 Å². The molecule has 28 heavy (non-hydrogen) atoms. The van der Waals surface area contributed by atoms with Crippen LogP contribution in [-0.2, 0) is 18.3 Å². The fourth-order valence-electron chi connectivity index (χ4n) is 4.26. The molecule has 158 valence electrons. The van der Waals surface area contributed by atoms with Crippen molar-refractivity contribution in [1.29, 1.82) is 0 Å². The molecule has 0 aliphatic carbocycles. The molecule has 2 aliphatic rings. The lowest BCUT2D eigenvalue weighted by Gasteiger charge is -2.43. The highest BCUT2D eigenvalue weighted by molar-refractivity contribution is 7.99. The van der Waals surface area contributed by atoms with E-state index < -0.39 is 0 Å². The number of aliphatic imine (C=N–C) groups is 1. The van der Waals surface area contributed by atoms with Crippen LogP contribution in [0.3, 0.4) is 0 Å². The lowest BCUT2D eigenvalue weighted by Crippen LogP contribution is -2.60. The summed E-state index contributed by atoms with van der Waals surface area (Å²) >= 11 is 2.07. The minimum Gasteiger partial charge on any atom is -0.379 e. The smallest absolute Gasteiger partial charge is 0.193 e. The van der Waals surface area contributed by atoms with Gasteiger partial charge in [0.05, 0.1) is 18.9 Å². The van der Waals surface area contributed by atoms with Gasteiger partial charge in [0.2, 0.25) is 0 Å². The second kappa shape index (κ2) is 9.50. The van der Waals surface area contributed by atoms with Gasteiger partial charge in [-0.15, -0.1) is 0 Å². The van der Waals surface area contributed by atoms with E-state index in [2.05, 4.69) is 64.1 Å². The van der Waals surface area contributed by atoms with Gasteiger partial charge in [0.25, 0.3) is 0 Å². The summed E-state index contributed by atoms with van der Waals surface area (Å²) in [5.41, 5.74) is 2.65. The SMILES string of the molecule is CN=C(NCC1(N2CCOCC2)CCSC1)N(C)Cc1cn(C)nc1C(C)C. The van der Waals surface area contributed by atoms with E-state index in [1.165, 1.54) is 29.2 Å². The van der Waals surface area contributed by atoms with E-state index in [0.29, 0.717) is 5.92 Å². The van der Waals surface area contributed by atoms with E-state index in [-0.39, 0.29) is 5.54 Å². The highest BCUT2D eigenvalue weighted by Gasteiger charge is 2.40. The minimum absolute atomic E-state index is 0.211. The van der Waals surface area contributed by atoms with Crippen molar-refractivity contribution in [1.82, 2.24) is 24.9 Å². The Bertz CT molecular complexity index is 662. The molecule has 0 saturated carbocycles. The number of hydrogen-bond acceptors (Lipinski definition) is 5. The monoisotopic (exact) mass is 408 g/mol. The van der Waals surface area contributed by atoms with Crippen molar-refractivity contribution in [2.75, 3.05) is 58.4 Å². The Kier molecular flexibility index (Phi) is 7.28. The van der Waals surface area contributed by atoms with Gasteiger partial charge in [-0.05, 0) is 18.1 Å². The maximum atomic E-state index is 5.58. The largest absolute Gasteiger partial charge is 0.379 e. The molecule has 0 bridgehead atoms. The van der Waals surface area contributed by atoms with Crippen LogP contribution in [0.4, 0.5) is 0 Å². The summed E-state index contributed by atoms with van der Waals surface area (Å²) < 4.78 is 7.49. The molecule has 1 atom stereocenters. The van der Waals surface area contributed by atoms with Crippen molar-refractivity contribution in [2.24, 2.45) is 12.0 Å². The van der Waals surface area contributed by atoms with Gasteiger partial charge in [-0.3, -0.25) is 14.6 Å². The first kappa shape index (κ1) is 21.5.